The van der Waals surface area contributed by atoms with E-state index in [0.29, 0.717) is 0 Å². The van der Waals surface area contributed by atoms with E-state index in [4.69, 9.17) is 0 Å². The number of hydrogen-bond acceptors (Lipinski definition) is 4. The second kappa shape index (κ2) is 7.77. The molecular weight excluding hydrogens is 292 g/mol. The van der Waals surface area contributed by atoms with Crippen LogP contribution in [0.15, 0.2) is 36.4 Å². The Morgan fingerprint density at radius 2 is 1.22 bits per heavy atom. The summed E-state index contributed by atoms with van der Waals surface area (Å²) in [5, 5.41) is 38.5. The first-order valence-corrected chi connectivity index (χ1v) is 8.06. The van der Waals surface area contributed by atoms with Gasteiger partial charge in [-0.3, -0.25) is 0 Å². The zero-order valence-electron chi connectivity index (χ0n) is 13.4. The summed E-state index contributed by atoms with van der Waals surface area (Å²) in [7, 11) is 0. The quantitative estimate of drug-likeness (QED) is 0.444. The standard InChI is InChI=1S/C19H24O4/c1-2-3-4-5-6-15(13-7-9-16(20)18(22)11-13)14-8-10-17(21)19(23)12-14/h7-12,15,20-23H,2-6H2,1H3. The van der Waals surface area contributed by atoms with Crippen LogP contribution in [-0.2, 0) is 0 Å². The largest absolute Gasteiger partial charge is 0.504 e. The molecule has 0 fully saturated rings. The number of aromatic hydroxyl groups is 4. The molecule has 0 spiro atoms. The van der Waals surface area contributed by atoms with Crippen LogP contribution in [0.1, 0.15) is 56.1 Å². The third-order valence-corrected chi connectivity index (χ3v) is 4.15. The highest BCUT2D eigenvalue weighted by Crippen LogP contribution is 2.37. The Morgan fingerprint density at radius 1 is 0.696 bits per heavy atom. The van der Waals surface area contributed by atoms with Crippen molar-refractivity contribution in [3.63, 3.8) is 0 Å². The molecule has 4 N–H and O–H groups in total. The van der Waals surface area contributed by atoms with E-state index in [2.05, 4.69) is 6.92 Å². The van der Waals surface area contributed by atoms with Gasteiger partial charge in [0.25, 0.3) is 0 Å². The Hall–Kier alpha value is -2.36. The van der Waals surface area contributed by atoms with Crippen molar-refractivity contribution >= 4 is 0 Å². The van der Waals surface area contributed by atoms with Crippen molar-refractivity contribution in [2.75, 3.05) is 0 Å². The first-order chi connectivity index (χ1) is 11.0. The molecule has 0 aliphatic rings. The van der Waals surface area contributed by atoms with E-state index in [1.807, 2.05) is 0 Å². The van der Waals surface area contributed by atoms with Gasteiger partial charge < -0.3 is 20.4 Å². The number of unbranched alkanes of at least 4 members (excludes halogenated alkanes) is 3. The fourth-order valence-corrected chi connectivity index (χ4v) is 2.82. The van der Waals surface area contributed by atoms with Crippen LogP contribution in [0.3, 0.4) is 0 Å². The lowest BCUT2D eigenvalue weighted by Crippen LogP contribution is -2.01. The molecule has 2 rings (SSSR count). The Labute approximate surface area is 136 Å². The van der Waals surface area contributed by atoms with Gasteiger partial charge in [0.05, 0.1) is 0 Å². The highest BCUT2D eigenvalue weighted by Gasteiger charge is 2.17. The van der Waals surface area contributed by atoms with Gasteiger partial charge in [0.1, 0.15) is 0 Å². The van der Waals surface area contributed by atoms with Gasteiger partial charge in [-0.1, -0.05) is 44.7 Å². The molecule has 0 saturated heterocycles. The average molecular weight is 316 g/mol. The van der Waals surface area contributed by atoms with Crippen molar-refractivity contribution in [3.05, 3.63) is 47.5 Å². The summed E-state index contributed by atoms with van der Waals surface area (Å²) >= 11 is 0. The number of benzene rings is 2. The second-order valence-corrected chi connectivity index (χ2v) is 5.90. The lowest BCUT2D eigenvalue weighted by Gasteiger charge is -2.19. The molecule has 4 heteroatoms. The molecule has 0 unspecified atom stereocenters. The van der Waals surface area contributed by atoms with Gasteiger partial charge in [-0.05, 0) is 41.8 Å². The third kappa shape index (κ3) is 4.31. The van der Waals surface area contributed by atoms with E-state index >= 15 is 0 Å². The Morgan fingerprint density at radius 3 is 1.65 bits per heavy atom. The molecule has 0 radical (unpaired) electrons. The minimum atomic E-state index is -0.149. The molecule has 0 aromatic heterocycles. The van der Waals surface area contributed by atoms with Crippen LogP contribution >= 0.6 is 0 Å². The molecule has 0 saturated carbocycles. The highest BCUT2D eigenvalue weighted by molar-refractivity contribution is 5.47. The summed E-state index contributed by atoms with van der Waals surface area (Å²) in [4.78, 5) is 0. The van der Waals surface area contributed by atoms with E-state index in [9.17, 15) is 20.4 Å². The van der Waals surface area contributed by atoms with Gasteiger partial charge in [0, 0.05) is 5.92 Å². The van der Waals surface area contributed by atoms with Gasteiger partial charge >= 0.3 is 0 Å². The van der Waals surface area contributed by atoms with Crippen LogP contribution in [0.4, 0.5) is 0 Å². The lowest BCUT2D eigenvalue weighted by molar-refractivity contribution is 0.401. The summed E-state index contributed by atoms with van der Waals surface area (Å²) < 4.78 is 0. The van der Waals surface area contributed by atoms with E-state index in [-0.39, 0.29) is 28.9 Å². The topological polar surface area (TPSA) is 80.9 Å². The van der Waals surface area contributed by atoms with E-state index in [1.165, 1.54) is 18.6 Å². The third-order valence-electron chi connectivity index (χ3n) is 4.15. The molecule has 0 atom stereocenters. The first-order valence-electron chi connectivity index (χ1n) is 8.06. The summed E-state index contributed by atoms with van der Waals surface area (Å²) in [5.74, 6) is -0.600. The summed E-state index contributed by atoms with van der Waals surface area (Å²) in [6, 6.07) is 9.63. The summed E-state index contributed by atoms with van der Waals surface area (Å²) in [6.45, 7) is 2.16. The van der Waals surface area contributed by atoms with E-state index < -0.39 is 0 Å². The molecule has 124 valence electrons. The van der Waals surface area contributed by atoms with Gasteiger partial charge in [-0.15, -0.1) is 0 Å². The predicted octanol–water partition coefficient (Wildman–Crippen LogP) is 4.61. The second-order valence-electron chi connectivity index (χ2n) is 5.90. The molecule has 0 amide bonds. The van der Waals surface area contributed by atoms with Crippen LogP contribution in [0, 0.1) is 0 Å². The van der Waals surface area contributed by atoms with Crippen molar-refractivity contribution in [1.29, 1.82) is 0 Å². The van der Waals surface area contributed by atoms with Crippen LogP contribution in [0.2, 0.25) is 0 Å². The zero-order chi connectivity index (χ0) is 16.8. The highest BCUT2D eigenvalue weighted by atomic mass is 16.3. The fourth-order valence-electron chi connectivity index (χ4n) is 2.82. The molecule has 0 bridgehead atoms. The van der Waals surface area contributed by atoms with Crippen LogP contribution in [0.25, 0.3) is 0 Å². The zero-order valence-corrected chi connectivity index (χ0v) is 13.4. The van der Waals surface area contributed by atoms with E-state index in [1.54, 1.807) is 24.3 Å². The monoisotopic (exact) mass is 316 g/mol. The van der Waals surface area contributed by atoms with Gasteiger partial charge in [-0.2, -0.15) is 0 Å². The van der Waals surface area contributed by atoms with Crippen LogP contribution < -0.4 is 0 Å². The Balaban J connectivity index is 2.29. The maximum Gasteiger partial charge on any atom is 0.157 e. The number of phenolic OH excluding ortho intramolecular Hbond substituents is 4. The maximum absolute atomic E-state index is 9.76. The fraction of sp³-hybridized carbons (Fsp3) is 0.368. The summed E-state index contributed by atoms with van der Waals surface area (Å²) in [6.07, 6.45) is 5.36. The van der Waals surface area contributed by atoms with Gasteiger partial charge in [-0.25, -0.2) is 0 Å². The van der Waals surface area contributed by atoms with Crippen molar-refractivity contribution in [3.8, 4) is 23.0 Å². The molecule has 0 heterocycles. The summed E-state index contributed by atoms with van der Waals surface area (Å²) in [5.41, 5.74) is 1.75. The smallest absolute Gasteiger partial charge is 0.157 e. The molecule has 4 nitrogen and oxygen atoms in total. The molecule has 0 aliphatic carbocycles. The average Bonchev–Trinajstić information content (AvgIpc) is 2.53. The molecular formula is C19H24O4. The van der Waals surface area contributed by atoms with Crippen molar-refractivity contribution in [2.45, 2.75) is 44.9 Å². The number of rotatable bonds is 7. The molecule has 0 aliphatic heterocycles. The molecule has 2 aromatic carbocycles. The predicted molar refractivity (Wildman–Crippen MR) is 90.1 cm³/mol. The van der Waals surface area contributed by atoms with Crippen molar-refractivity contribution < 1.29 is 20.4 Å². The van der Waals surface area contributed by atoms with Gasteiger partial charge in [0.15, 0.2) is 23.0 Å². The first kappa shape index (κ1) is 17.0. The minimum absolute atomic E-state index is 0.00939. The van der Waals surface area contributed by atoms with Crippen LogP contribution in [0.5, 0.6) is 23.0 Å². The van der Waals surface area contributed by atoms with Crippen LogP contribution in [-0.4, -0.2) is 20.4 Å². The van der Waals surface area contributed by atoms with E-state index in [0.717, 1.165) is 36.8 Å². The Kier molecular flexibility index (Phi) is 5.74. The minimum Gasteiger partial charge on any atom is -0.504 e. The lowest BCUT2D eigenvalue weighted by atomic mass is 9.86. The number of phenols is 4. The van der Waals surface area contributed by atoms with Crippen molar-refractivity contribution in [2.24, 2.45) is 0 Å². The maximum atomic E-state index is 9.76. The normalized spacial score (nSPS) is 11.0. The van der Waals surface area contributed by atoms with Gasteiger partial charge in [0.2, 0.25) is 0 Å². The molecule has 23 heavy (non-hydrogen) atoms. The number of hydrogen-bond donors (Lipinski definition) is 4. The SMILES string of the molecule is CCCCCCC(c1ccc(O)c(O)c1)c1ccc(O)c(O)c1. The Bertz CT molecular complexity index is 600. The van der Waals surface area contributed by atoms with Crippen molar-refractivity contribution in [1.82, 2.24) is 0 Å². The molecule has 2 aromatic rings.